The molecule has 0 spiro atoms. The van der Waals surface area contributed by atoms with Crippen molar-refractivity contribution in [2.24, 2.45) is 5.41 Å². The van der Waals surface area contributed by atoms with Gasteiger partial charge in [-0.3, -0.25) is 4.45 Å². The number of nitrogens with zero attached hydrogens (tertiary/aromatic N) is 2. The normalized spacial score (nSPS) is 12.6. The summed E-state index contributed by atoms with van der Waals surface area (Å²) in [6, 6.07) is 1.90. The summed E-state index contributed by atoms with van der Waals surface area (Å²) >= 11 is 0. The lowest BCUT2D eigenvalue weighted by Crippen LogP contribution is -2.17. The van der Waals surface area contributed by atoms with Gasteiger partial charge in [0, 0.05) is 12.3 Å². The van der Waals surface area contributed by atoms with Gasteiger partial charge in [-0.1, -0.05) is 20.8 Å². The van der Waals surface area contributed by atoms with Gasteiger partial charge in [0.15, 0.2) is 0 Å². The van der Waals surface area contributed by atoms with E-state index in [0.717, 1.165) is 5.88 Å². The first-order valence-electron chi connectivity index (χ1n) is 4.37. The van der Waals surface area contributed by atoms with Crippen LogP contribution in [-0.4, -0.2) is 22.8 Å². The van der Waals surface area contributed by atoms with E-state index in [1.54, 1.807) is 0 Å². The first-order valence-corrected chi connectivity index (χ1v) is 5.82. The lowest BCUT2D eigenvalue weighted by Gasteiger charge is -2.17. The van der Waals surface area contributed by atoms with Crippen molar-refractivity contribution in [1.82, 2.24) is 9.55 Å². The second-order valence-corrected chi connectivity index (χ2v) is 5.08. The summed E-state index contributed by atoms with van der Waals surface area (Å²) in [7, 11) is 0.668. The Labute approximate surface area is 81.3 Å². The van der Waals surface area contributed by atoms with Crippen LogP contribution in [0.15, 0.2) is 12.3 Å². The Kier molecular flexibility index (Phi) is 3.32. The maximum atomic E-state index is 5.53. The molecule has 0 aliphatic heterocycles. The predicted molar refractivity (Wildman–Crippen MR) is 56.8 cm³/mol. The van der Waals surface area contributed by atoms with Gasteiger partial charge in [-0.15, -0.1) is 5.10 Å². The van der Waals surface area contributed by atoms with E-state index in [1.165, 1.54) is 0 Å². The van der Waals surface area contributed by atoms with Crippen molar-refractivity contribution in [2.45, 2.75) is 20.8 Å². The van der Waals surface area contributed by atoms with Crippen LogP contribution in [0.25, 0.3) is 0 Å². The second kappa shape index (κ2) is 4.10. The lowest BCUT2D eigenvalue weighted by molar-refractivity contribution is 0.191. The molecule has 3 nitrogen and oxygen atoms in total. The van der Waals surface area contributed by atoms with Gasteiger partial charge in [-0.25, -0.2) is 0 Å². The van der Waals surface area contributed by atoms with Crippen molar-refractivity contribution in [3.63, 3.8) is 0 Å². The third kappa shape index (κ3) is 3.77. The van der Waals surface area contributed by atoms with Crippen LogP contribution in [0.5, 0.6) is 5.88 Å². The molecule has 0 N–H and O–H groups in total. The van der Waals surface area contributed by atoms with E-state index in [1.807, 2.05) is 16.7 Å². The molecule has 4 heteroatoms. The van der Waals surface area contributed by atoms with Crippen LogP contribution in [0, 0.1) is 5.41 Å². The van der Waals surface area contributed by atoms with E-state index in [0.29, 0.717) is 15.3 Å². The molecule has 1 atom stereocenters. The topological polar surface area (TPSA) is 27.1 Å². The molecule has 0 radical (unpaired) electrons. The van der Waals surface area contributed by atoms with Crippen molar-refractivity contribution in [3.05, 3.63) is 12.3 Å². The molecule has 13 heavy (non-hydrogen) atoms. The zero-order valence-corrected chi connectivity index (χ0v) is 9.66. The van der Waals surface area contributed by atoms with Crippen LogP contribution in [-0.2, 0) is 0 Å². The average Bonchev–Trinajstić information content (AvgIpc) is 2.47. The summed E-state index contributed by atoms with van der Waals surface area (Å²) < 4.78 is 7.41. The van der Waals surface area contributed by atoms with Crippen molar-refractivity contribution in [2.75, 3.05) is 13.3 Å². The SMILES string of the molecule is CPn1ccc(OCC(C)(C)C)n1. The van der Waals surface area contributed by atoms with E-state index >= 15 is 0 Å². The minimum absolute atomic E-state index is 0.193. The third-order valence-electron chi connectivity index (χ3n) is 1.45. The minimum atomic E-state index is 0.193. The molecule has 1 unspecified atom stereocenters. The minimum Gasteiger partial charge on any atom is -0.476 e. The van der Waals surface area contributed by atoms with E-state index in [4.69, 9.17) is 4.74 Å². The number of hydrogen-bond donors (Lipinski definition) is 0. The molecule has 0 saturated heterocycles. The Bertz CT molecular complexity index is 265. The predicted octanol–water partition coefficient (Wildman–Crippen LogP) is 2.38. The average molecular weight is 200 g/mol. The van der Waals surface area contributed by atoms with Crippen LogP contribution in [0.1, 0.15) is 20.8 Å². The highest BCUT2D eigenvalue weighted by Crippen LogP contribution is 2.17. The van der Waals surface area contributed by atoms with Gasteiger partial charge < -0.3 is 4.74 Å². The quantitative estimate of drug-likeness (QED) is 0.700. The van der Waals surface area contributed by atoms with E-state index < -0.39 is 0 Å². The summed E-state index contributed by atoms with van der Waals surface area (Å²) in [5, 5.41) is 4.24. The molecule has 0 bridgehead atoms. The zero-order chi connectivity index (χ0) is 9.90. The number of ether oxygens (including phenoxy) is 1. The highest BCUT2D eigenvalue weighted by atomic mass is 31.1. The molecule has 0 aliphatic carbocycles. The van der Waals surface area contributed by atoms with Crippen molar-refractivity contribution in [1.29, 1.82) is 0 Å². The van der Waals surface area contributed by atoms with Crippen LogP contribution in [0.2, 0.25) is 0 Å². The summed E-state index contributed by atoms with van der Waals surface area (Å²) in [5.74, 6) is 0.726. The smallest absolute Gasteiger partial charge is 0.233 e. The number of hydrogen-bond acceptors (Lipinski definition) is 2. The first kappa shape index (κ1) is 10.5. The molecule has 1 aromatic heterocycles. The Morgan fingerprint density at radius 1 is 1.54 bits per heavy atom. The first-order chi connectivity index (χ1) is 6.01. The summed E-state index contributed by atoms with van der Waals surface area (Å²) in [5.41, 5.74) is 0.193. The van der Waals surface area contributed by atoms with Crippen molar-refractivity contribution in [3.8, 4) is 5.88 Å². The molecule has 1 heterocycles. The maximum Gasteiger partial charge on any atom is 0.233 e. The van der Waals surface area contributed by atoms with Gasteiger partial charge in [0.05, 0.1) is 6.61 Å². The fraction of sp³-hybridized carbons (Fsp3) is 0.667. The largest absolute Gasteiger partial charge is 0.476 e. The van der Waals surface area contributed by atoms with E-state index in [2.05, 4.69) is 32.5 Å². The lowest BCUT2D eigenvalue weighted by atomic mass is 9.99. The molecule has 0 saturated carbocycles. The van der Waals surface area contributed by atoms with Gasteiger partial charge in [0.1, 0.15) is 0 Å². The summed E-state index contributed by atoms with van der Waals surface area (Å²) in [6.07, 6.45) is 1.94. The Hall–Kier alpha value is -0.560. The van der Waals surface area contributed by atoms with Crippen LogP contribution >= 0.6 is 8.73 Å². The monoisotopic (exact) mass is 200 g/mol. The maximum absolute atomic E-state index is 5.53. The fourth-order valence-electron chi connectivity index (χ4n) is 0.799. The highest BCUT2D eigenvalue weighted by molar-refractivity contribution is 7.35. The molecule has 1 aromatic rings. The molecule has 0 aliphatic rings. The number of aromatic nitrogens is 2. The van der Waals surface area contributed by atoms with Gasteiger partial charge >= 0.3 is 0 Å². The van der Waals surface area contributed by atoms with Crippen LogP contribution < -0.4 is 4.74 Å². The van der Waals surface area contributed by atoms with E-state index in [9.17, 15) is 0 Å². The van der Waals surface area contributed by atoms with Gasteiger partial charge in [-0.2, -0.15) is 0 Å². The summed E-state index contributed by atoms with van der Waals surface area (Å²) in [6.45, 7) is 9.22. The van der Waals surface area contributed by atoms with Crippen LogP contribution in [0.4, 0.5) is 0 Å². The van der Waals surface area contributed by atoms with Crippen LogP contribution in [0.3, 0.4) is 0 Å². The molecule has 1 rings (SSSR count). The van der Waals surface area contributed by atoms with Gasteiger partial charge in [0.2, 0.25) is 5.88 Å². The molecular formula is C9H17N2OP. The highest BCUT2D eigenvalue weighted by Gasteiger charge is 2.11. The Morgan fingerprint density at radius 2 is 2.23 bits per heavy atom. The third-order valence-corrected chi connectivity index (χ3v) is 2.15. The standard InChI is InChI=1S/C9H17N2OP/c1-9(2,3)7-12-8-5-6-11(10-8)13-4/h5-6,13H,7H2,1-4H3. The Balaban J connectivity index is 2.46. The van der Waals surface area contributed by atoms with Crippen molar-refractivity contribution < 1.29 is 4.74 Å². The molecule has 74 valence electrons. The van der Waals surface area contributed by atoms with Crippen molar-refractivity contribution >= 4 is 8.73 Å². The molecule has 0 fully saturated rings. The zero-order valence-electron chi connectivity index (χ0n) is 8.66. The second-order valence-electron chi connectivity index (χ2n) is 4.17. The van der Waals surface area contributed by atoms with Gasteiger partial charge in [0.25, 0.3) is 0 Å². The molecular weight excluding hydrogens is 183 g/mol. The molecule has 0 aromatic carbocycles. The number of rotatable bonds is 3. The fourth-order valence-corrected chi connectivity index (χ4v) is 1.22. The molecule has 0 amide bonds. The van der Waals surface area contributed by atoms with Gasteiger partial charge in [-0.05, 0) is 20.8 Å². The Morgan fingerprint density at radius 3 is 2.69 bits per heavy atom. The summed E-state index contributed by atoms with van der Waals surface area (Å²) in [4.78, 5) is 0. The van der Waals surface area contributed by atoms with E-state index in [-0.39, 0.29) is 5.41 Å².